The highest BCUT2D eigenvalue weighted by Crippen LogP contribution is 2.28. The standard InChI is InChI=1S/C22H21N3O3S/c1-4-15-10-17-14(3)9-21(26)28-19(17)11-18(15)27-12-20-23-24-22(29)25(20)16-7-5-13(2)6-8-16/h5-11H,4,12H2,1-3H3,(H,24,29). The van der Waals surface area contributed by atoms with Crippen molar-refractivity contribution in [2.75, 3.05) is 0 Å². The molecule has 2 aromatic heterocycles. The van der Waals surface area contributed by atoms with Gasteiger partial charge in [0.1, 0.15) is 17.9 Å². The molecular formula is C22H21N3O3S. The van der Waals surface area contributed by atoms with Crippen molar-refractivity contribution < 1.29 is 9.15 Å². The Morgan fingerprint density at radius 2 is 1.93 bits per heavy atom. The second-order valence-corrected chi connectivity index (χ2v) is 7.35. The van der Waals surface area contributed by atoms with Gasteiger partial charge in [0.15, 0.2) is 10.6 Å². The minimum atomic E-state index is -0.370. The SMILES string of the molecule is CCc1cc2c(C)cc(=O)oc2cc1OCc1n[nH]c(=S)n1-c1ccc(C)cc1. The summed E-state index contributed by atoms with van der Waals surface area (Å²) in [6, 6.07) is 13.3. The normalized spacial score (nSPS) is 11.1. The van der Waals surface area contributed by atoms with E-state index in [1.165, 1.54) is 11.6 Å². The lowest BCUT2D eigenvalue weighted by Gasteiger charge is -2.13. The van der Waals surface area contributed by atoms with Crippen LogP contribution < -0.4 is 10.4 Å². The molecule has 6 nitrogen and oxygen atoms in total. The number of aromatic nitrogens is 3. The highest BCUT2D eigenvalue weighted by atomic mass is 32.1. The third kappa shape index (κ3) is 3.73. The maximum atomic E-state index is 11.7. The lowest BCUT2D eigenvalue weighted by molar-refractivity contribution is 0.290. The molecule has 4 rings (SSSR count). The van der Waals surface area contributed by atoms with Gasteiger partial charge >= 0.3 is 5.63 Å². The number of benzene rings is 2. The Kier molecular flexibility index (Phi) is 5.07. The molecule has 0 aliphatic heterocycles. The zero-order valence-electron chi connectivity index (χ0n) is 16.5. The Morgan fingerprint density at radius 3 is 2.66 bits per heavy atom. The summed E-state index contributed by atoms with van der Waals surface area (Å²) in [6.45, 7) is 6.22. The molecule has 2 aromatic carbocycles. The van der Waals surface area contributed by atoms with Gasteiger partial charge in [-0.15, -0.1) is 0 Å². The summed E-state index contributed by atoms with van der Waals surface area (Å²) in [5.41, 5.74) is 4.15. The first-order valence-electron chi connectivity index (χ1n) is 9.39. The van der Waals surface area contributed by atoms with Crippen LogP contribution in [0.2, 0.25) is 0 Å². The topological polar surface area (TPSA) is 73.1 Å². The summed E-state index contributed by atoms with van der Waals surface area (Å²) in [7, 11) is 0. The lowest BCUT2D eigenvalue weighted by Crippen LogP contribution is -2.07. The molecule has 0 saturated carbocycles. The molecule has 0 aliphatic rings. The Hall–Kier alpha value is -3.19. The van der Waals surface area contributed by atoms with E-state index < -0.39 is 0 Å². The van der Waals surface area contributed by atoms with Gasteiger partial charge in [-0.1, -0.05) is 24.6 Å². The van der Waals surface area contributed by atoms with Gasteiger partial charge in [-0.2, -0.15) is 5.10 Å². The quantitative estimate of drug-likeness (QED) is 0.380. The van der Waals surface area contributed by atoms with Crippen molar-refractivity contribution in [3.8, 4) is 11.4 Å². The highest BCUT2D eigenvalue weighted by Gasteiger charge is 2.13. The predicted molar refractivity (Wildman–Crippen MR) is 114 cm³/mol. The minimum Gasteiger partial charge on any atom is -0.485 e. The van der Waals surface area contributed by atoms with Crippen LogP contribution in [0, 0.1) is 18.6 Å². The molecule has 0 bridgehead atoms. The van der Waals surface area contributed by atoms with E-state index in [1.807, 2.05) is 48.7 Å². The lowest BCUT2D eigenvalue weighted by atomic mass is 10.1. The first kappa shape index (κ1) is 19.1. The molecule has 29 heavy (non-hydrogen) atoms. The van der Waals surface area contributed by atoms with E-state index in [1.54, 1.807) is 6.07 Å². The van der Waals surface area contributed by atoms with Crippen molar-refractivity contribution in [1.82, 2.24) is 14.8 Å². The van der Waals surface area contributed by atoms with Gasteiger partial charge in [0, 0.05) is 23.2 Å². The van der Waals surface area contributed by atoms with Crippen LogP contribution in [0.15, 0.2) is 51.7 Å². The number of aromatic amines is 1. The number of nitrogens with zero attached hydrogens (tertiary/aromatic N) is 2. The zero-order valence-corrected chi connectivity index (χ0v) is 17.3. The number of H-pyrrole nitrogens is 1. The van der Waals surface area contributed by atoms with Crippen LogP contribution in [0.1, 0.15) is 29.4 Å². The Labute approximate surface area is 172 Å². The molecule has 0 atom stereocenters. The van der Waals surface area contributed by atoms with Gasteiger partial charge in [-0.3, -0.25) is 9.67 Å². The molecule has 1 N–H and O–H groups in total. The van der Waals surface area contributed by atoms with Gasteiger partial charge in [0.05, 0.1) is 0 Å². The van der Waals surface area contributed by atoms with Crippen LogP contribution in [-0.2, 0) is 13.0 Å². The highest BCUT2D eigenvalue weighted by molar-refractivity contribution is 7.71. The fraction of sp³-hybridized carbons (Fsp3) is 0.227. The third-order valence-corrected chi connectivity index (χ3v) is 5.18. The van der Waals surface area contributed by atoms with Gasteiger partial charge < -0.3 is 9.15 Å². The van der Waals surface area contributed by atoms with Crippen LogP contribution in [-0.4, -0.2) is 14.8 Å². The Balaban J connectivity index is 1.69. The second-order valence-electron chi connectivity index (χ2n) is 6.96. The monoisotopic (exact) mass is 407 g/mol. The summed E-state index contributed by atoms with van der Waals surface area (Å²) < 4.78 is 13.8. The van der Waals surface area contributed by atoms with Crippen molar-refractivity contribution >= 4 is 23.2 Å². The molecule has 7 heteroatoms. The molecule has 4 aromatic rings. The molecule has 2 heterocycles. The third-order valence-electron chi connectivity index (χ3n) is 4.90. The van der Waals surface area contributed by atoms with E-state index in [-0.39, 0.29) is 12.2 Å². The smallest absolute Gasteiger partial charge is 0.336 e. The molecule has 0 saturated heterocycles. The zero-order chi connectivity index (χ0) is 20.5. The average Bonchev–Trinajstić information content (AvgIpc) is 3.06. The van der Waals surface area contributed by atoms with Crippen LogP contribution in [0.4, 0.5) is 0 Å². The minimum absolute atomic E-state index is 0.218. The Morgan fingerprint density at radius 1 is 1.17 bits per heavy atom. The first-order chi connectivity index (χ1) is 14.0. The van der Waals surface area contributed by atoms with E-state index in [4.69, 9.17) is 21.4 Å². The van der Waals surface area contributed by atoms with Crippen molar-refractivity contribution in [1.29, 1.82) is 0 Å². The number of fused-ring (bicyclic) bond motifs is 1. The molecule has 0 radical (unpaired) electrons. The number of hydrogen-bond donors (Lipinski definition) is 1. The summed E-state index contributed by atoms with van der Waals surface area (Å²) in [4.78, 5) is 11.7. The number of hydrogen-bond acceptors (Lipinski definition) is 5. The first-order valence-corrected chi connectivity index (χ1v) is 9.80. The van der Waals surface area contributed by atoms with E-state index in [0.717, 1.165) is 28.6 Å². The van der Waals surface area contributed by atoms with E-state index in [9.17, 15) is 4.79 Å². The number of nitrogens with one attached hydrogen (secondary N) is 1. The molecular weight excluding hydrogens is 386 g/mol. The Bertz CT molecular complexity index is 1300. The van der Waals surface area contributed by atoms with Crippen molar-refractivity contribution in [2.24, 2.45) is 0 Å². The van der Waals surface area contributed by atoms with Crippen molar-refractivity contribution in [3.05, 3.63) is 80.2 Å². The maximum Gasteiger partial charge on any atom is 0.336 e. The van der Waals surface area contributed by atoms with Gasteiger partial charge in [0.25, 0.3) is 0 Å². The maximum absolute atomic E-state index is 11.7. The number of ether oxygens (including phenoxy) is 1. The summed E-state index contributed by atoms with van der Waals surface area (Å²) >= 11 is 5.40. The van der Waals surface area contributed by atoms with Crippen molar-refractivity contribution in [2.45, 2.75) is 33.8 Å². The van der Waals surface area contributed by atoms with Crippen LogP contribution in [0.25, 0.3) is 16.7 Å². The summed E-state index contributed by atoms with van der Waals surface area (Å²) in [6.07, 6.45) is 0.786. The van der Waals surface area contributed by atoms with Gasteiger partial charge in [-0.25, -0.2) is 4.79 Å². The molecule has 0 fully saturated rings. The van der Waals surface area contributed by atoms with E-state index in [0.29, 0.717) is 21.9 Å². The van der Waals surface area contributed by atoms with Crippen LogP contribution in [0.5, 0.6) is 5.75 Å². The summed E-state index contributed by atoms with van der Waals surface area (Å²) in [5.74, 6) is 1.32. The van der Waals surface area contributed by atoms with Gasteiger partial charge in [-0.05, 0) is 61.8 Å². The predicted octanol–water partition coefficient (Wildman–Crippen LogP) is 4.79. The molecule has 148 valence electrons. The van der Waals surface area contributed by atoms with Crippen molar-refractivity contribution in [3.63, 3.8) is 0 Å². The molecule has 0 unspecified atom stereocenters. The van der Waals surface area contributed by atoms with Crippen LogP contribution >= 0.6 is 12.2 Å². The van der Waals surface area contributed by atoms with Gasteiger partial charge in [0.2, 0.25) is 0 Å². The average molecular weight is 407 g/mol. The number of rotatable bonds is 5. The molecule has 0 amide bonds. The van der Waals surface area contributed by atoms with Crippen LogP contribution in [0.3, 0.4) is 0 Å². The molecule has 0 aliphatic carbocycles. The van der Waals surface area contributed by atoms with E-state index >= 15 is 0 Å². The largest absolute Gasteiger partial charge is 0.485 e. The molecule has 0 spiro atoms. The summed E-state index contributed by atoms with van der Waals surface area (Å²) in [5, 5.41) is 8.07. The van der Waals surface area contributed by atoms with E-state index in [2.05, 4.69) is 17.1 Å². The second kappa shape index (κ2) is 7.67. The number of aryl methyl sites for hydroxylation is 3. The fourth-order valence-corrected chi connectivity index (χ4v) is 3.59. The fourth-order valence-electron chi connectivity index (χ4n) is 3.33.